The lowest BCUT2D eigenvalue weighted by Crippen LogP contribution is -2.01. The van der Waals surface area contributed by atoms with Crippen LogP contribution in [0.5, 0.6) is 5.75 Å². The number of benzene rings is 2. The van der Waals surface area contributed by atoms with Crippen molar-refractivity contribution >= 4 is 34.0 Å². The number of hydrogen-bond donors (Lipinski definition) is 1. The van der Waals surface area contributed by atoms with Gasteiger partial charge in [0.1, 0.15) is 11.6 Å². The van der Waals surface area contributed by atoms with Gasteiger partial charge in [0.15, 0.2) is 5.82 Å². The van der Waals surface area contributed by atoms with Gasteiger partial charge in [0.05, 0.1) is 12.1 Å². The van der Waals surface area contributed by atoms with Crippen LogP contribution in [0.4, 0.5) is 11.5 Å². The van der Waals surface area contributed by atoms with Gasteiger partial charge in [-0.2, -0.15) is 0 Å². The third kappa shape index (κ3) is 4.30. The lowest BCUT2D eigenvalue weighted by atomic mass is 10.2. The zero-order valence-electron chi connectivity index (χ0n) is 16.3. The molecular formula is C23H21ClN4O. The second-order valence-electron chi connectivity index (χ2n) is 6.75. The maximum Gasteiger partial charge on any atom is 0.163 e. The van der Waals surface area contributed by atoms with Crippen molar-refractivity contribution in [3.8, 4) is 17.1 Å². The monoisotopic (exact) mass is 404 g/mol. The van der Waals surface area contributed by atoms with Crippen LogP contribution in [0.3, 0.4) is 0 Å². The number of hydrogen-bond acceptors (Lipinski definition) is 5. The van der Waals surface area contributed by atoms with Crippen molar-refractivity contribution in [2.75, 3.05) is 11.9 Å². The molecule has 0 saturated heterocycles. The van der Waals surface area contributed by atoms with Gasteiger partial charge in [-0.1, -0.05) is 24.6 Å². The molecule has 0 atom stereocenters. The average molecular weight is 405 g/mol. The lowest BCUT2D eigenvalue weighted by Gasteiger charge is -2.13. The summed E-state index contributed by atoms with van der Waals surface area (Å²) in [5.74, 6) is 2.09. The number of nitrogens with zero attached hydrogens (tertiary/aromatic N) is 3. The summed E-state index contributed by atoms with van der Waals surface area (Å²) in [5.41, 5.74) is 3.56. The Morgan fingerprint density at radius 3 is 2.72 bits per heavy atom. The molecule has 0 amide bonds. The lowest BCUT2D eigenvalue weighted by molar-refractivity contribution is 0.318. The highest BCUT2D eigenvalue weighted by Crippen LogP contribution is 2.31. The molecule has 0 radical (unpaired) electrons. The summed E-state index contributed by atoms with van der Waals surface area (Å²) < 4.78 is 5.80. The Morgan fingerprint density at radius 1 is 1.07 bits per heavy atom. The summed E-state index contributed by atoms with van der Waals surface area (Å²) in [6.45, 7) is 4.72. The maximum atomic E-state index is 6.31. The van der Waals surface area contributed by atoms with Crippen molar-refractivity contribution in [3.05, 3.63) is 71.5 Å². The Kier molecular flexibility index (Phi) is 5.58. The Hall–Kier alpha value is -3.18. The topological polar surface area (TPSA) is 59.9 Å². The van der Waals surface area contributed by atoms with Gasteiger partial charge in [-0.3, -0.25) is 4.98 Å². The number of pyridine rings is 1. The van der Waals surface area contributed by atoms with E-state index in [1.807, 2.05) is 55.5 Å². The second kappa shape index (κ2) is 8.45. The summed E-state index contributed by atoms with van der Waals surface area (Å²) in [5, 5.41) is 4.98. The van der Waals surface area contributed by atoms with Gasteiger partial charge in [-0.25, -0.2) is 9.97 Å². The van der Waals surface area contributed by atoms with E-state index in [9.17, 15) is 0 Å². The molecule has 0 aliphatic carbocycles. The molecule has 29 heavy (non-hydrogen) atoms. The molecule has 2 aromatic carbocycles. The molecule has 0 aliphatic rings. The van der Waals surface area contributed by atoms with E-state index in [0.717, 1.165) is 39.9 Å². The van der Waals surface area contributed by atoms with E-state index in [2.05, 4.69) is 17.2 Å². The second-order valence-corrected chi connectivity index (χ2v) is 7.16. The van der Waals surface area contributed by atoms with E-state index < -0.39 is 0 Å². The van der Waals surface area contributed by atoms with Gasteiger partial charge in [0.25, 0.3) is 0 Å². The van der Waals surface area contributed by atoms with Gasteiger partial charge in [-0.15, -0.1) is 0 Å². The Bertz CT molecular complexity index is 1150. The third-order valence-electron chi connectivity index (χ3n) is 4.49. The zero-order valence-corrected chi connectivity index (χ0v) is 17.1. The molecular weight excluding hydrogens is 384 g/mol. The molecule has 1 N–H and O–H groups in total. The zero-order chi connectivity index (χ0) is 20.2. The van der Waals surface area contributed by atoms with Crippen LogP contribution in [0.25, 0.3) is 22.3 Å². The van der Waals surface area contributed by atoms with Crippen molar-refractivity contribution < 1.29 is 4.74 Å². The minimum atomic E-state index is 0.605. The molecule has 0 bridgehead atoms. The first-order valence-corrected chi connectivity index (χ1v) is 9.90. The van der Waals surface area contributed by atoms with E-state index in [1.54, 1.807) is 12.4 Å². The van der Waals surface area contributed by atoms with E-state index in [1.165, 1.54) is 0 Å². The highest BCUT2D eigenvalue weighted by atomic mass is 35.5. The molecule has 0 saturated carbocycles. The van der Waals surface area contributed by atoms with Crippen molar-refractivity contribution in [1.82, 2.24) is 15.0 Å². The summed E-state index contributed by atoms with van der Waals surface area (Å²) in [7, 11) is 0. The molecule has 6 heteroatoms. The molecule has 4 aromatic rings. The van der Waals surface area contributed by atoms with Crippen LogP contribution < -0.4 is 10.1 Å². The number of anilines is 2. The standard InChI is InChI=1S/C23H21ClN4O/c1-3-11-29-18-8-9-21-19(13-18)23(26-17-7-6-15(2)20(24)12-17)28-22(27-21)16-5-4-10-25-14-16/h4-10,12-14H,3,11H2,1-2H3,(H,26,27,28). The number of aromatic nitrogens is 3. The minimum Gasteiger partial charge on any atom is -0.494 e. The van der Waals surface area contributed by atoms with Crippen molar-refractivity contribution in [1.29, 1.82) is 0 Å². The predicted molar refractivity (Wildman–Crippen MR) is 118 cm³/mol. The molecule has 0 unspecified atom stereocenters. The minimum absolute atomic E-state index is 0.605. The molecule has 0 spiro atoms. The Labute approximate surface area is 174 Å². The van der Waals surface area contributed by atoms with Gasteiger partial charge >= 0.3 is 0 Å². The highest BCUT2D eigenvalue weighted by molar-refractivity contribution is 6.31. The first-order valence-electron chi connectivity index (χ1n) is 9.52. The van der Waals surface area contributed by atoms with Crippen molar-refractivity contribution in [2.24, 2.45) is 0 Å². The highest BCUT2D eigenvalue weighted by Gasteiger charge is 2.12. The number of ether oxygens (including phenoxy) is 1. The summed E-state index contributed by atoms with van der Waals surface area (Å²) >= 11 is 6.31. The Balaban J connectivity index is 1.83. The maximum absolute atomic E-state index is 6.31. The molecule has 0 fully saturated rings. The number of fused-ring (bicyclic) bond motifs is 1. The van der Waals surface area contributed by atoms with E-state index in [0.29, 0.717) is 23.3 Å². The molecule has 0 aliphatic heterocycles. The van der Waals surface area contributed by atoms with Crippen molar-refractivity contribution in [3.63, 3.8) is 0 Å². The summed E-state index contributed by atoms with van der Waals surface area (Å²) in [6, 6.07) is 15.5. The van der Waals surface area contributed by atoms with Gasteiger partial charge in [-0.05, 0) is 61.4 Å². The van der Waals surface area contributed by atoms with Crippen LogP contribution in [0.15, 0.2) is 60.9 Å². The van der Waals surface area contributed by atoms with Crippen LogP contribution >= 0.6 is 11.6 Å². The molecule has 146 valence electrons. The molecule has 2 aromatic heterocycles. The largest absolute Gasteiger partial charge is 0.494 e. The van der Waals surface area contributed by atoms with Crippen molar-refractivity contribution in [2.45, 2.75) is 20.3 Å². The third-order valence-corrected chi connectivity index (χ3v) is 4.90. The quantitative estimate of drug-likeness (QED) is 0.415. The van der Waals surface area contributed by atoms with Crippen LogP contribution in [0.1, 0.15) is 18.9 Å². The first-order chi connectivity index (χ1) is 14.1. The fourth-order valence-corrected chi connectivity index (χ4v) is 3.12. The van der Waals surface area contributed by atoms with Crippen LogP contribution in [0.2, 0.25) is 5.02 Å². The van der Waals surface area contributed by atoms with E-state index >= 15 is 0 Å². The number of rotatable bonds is 6. The first kappa shape index (κ1) is 19.2. The van der Waals surface area contributed by atoms with Gasteiger partial charge in [0, 0.05) is 34.1 Å². The van der Waals surface area contributed by atoms with E-state index in [4.69, 9.17) is 26.3 Å². The number of nitrogens with one attached hydrogen (secondary N) is 1. The molecule has 4 rings (SSSR count). The number of halogens is 1. The van der Waals surface area contributed by atoms with Crippen LogP contribution in [-0.4, -0.2) is 21.6 Å². The van der Waals surface area contributed by atoms with Gasteiger partial charge in [0.2, 0.25) is 0 Å². The smallest absolute Gasteiger partial charge is 0.163 e. The van der Waals surface area contributed by atoms with Gasteiger partial charge < -0.3 is 10.1 Å². The van der Waals surface area contributed by atoms with Crippen LogP contribution in [0, 0.1) is 6.92 Å². The SMILES string of the molecule is CCCOc1ccc2nc(-c3cccnc3)nc(Nc3ccc(C)c(Cl)c3)c2c1. The Morgan fingerprint density at radius 2 is 1.97 bits per heavy atom. The van der Waals surface area contributed by atoms with Crippen LogP contribution in [-0.2, 0) is 0 Å². The average Bonchev–Trinajstić information content (AvgIpc) is 2.75. The number of aryl methyl sites for hydroxylation is 1. The molecule has 2 heterocycles. The predicted octanol–water partition coefficient (Wildman–Crippen LogP) is 6.19. The fraction of sp³-hybridized carbons (Fsp3) is 0.174. The van der Waals surface area contributed by atoms with E-state index in [-0.39, 0.29) is 0 Å². The fourth-order valence-electron chi connectivity index (χ4n) is 2.94. The molecule has 5 nitrogen and oxygen atoms in total. The summed E-state index contributed by atoms with van der Waals surface area (Å²) in [4.78, 5) is 13.7. The summed E-state index contributed by atoms with van der Waals surface area (Å²) in [6.07, 6.45) is 4.43. The normalized spacial score (nSPS) is 10.9.